The van der Waals surface area contributed by atoms with Gasteiger partial charge in [0.15, 0.2) is 0 Å². The third-order valence-electron chi connectivity index (χ3n) is 2.46. The number of halogens is 2. The Labute approximate surface area is 109 Å². The number of hydrogen-bond acceptors (Lipinski definition) is 5. The maximum absolute atomic E-state index is 13.1. The predicted octanol–water partition coefficient (Wildman–Crippen LogP) is 1.59. The van der Waals surface area contributed by atoms with Gasteiger partial charge in [-0.1, -0.05) is 0 Å². The molecule has 2 N–H and O–H groups in total. The zero-order valence-corrected chi connectivity index (χ0v) is 10.8. The van der Waals surface area contributed by atoms with Crippen molar-refractivity contribution in [3.8, 4) is 5.88 Å². The molecule has 0 aliphatic heterocycles. The minimum absolute atomic E-state index is 0.0219. The number of methoxy groups -OCH3 is 1. The number of carbonyl (C=O) groups is 1. The second kappa shape index (κ2) is 6.98. The van der Waals surface area contributed by atoms with Crippen LogP contribution in [0.3, 0.4) is 0 Å². The first-order valence-corrected chi connectivity index (χ1v) is 5.73. The van der Waals surface area contributed by atoms with Gasteiger partial charge < -0.3 is 15.2 Å². The number of esters is 1. The van der Waals surface area contributed by atoms with Crippen LogP contribution in [0.1, 0.15) is 30.2 Å². The molecule has 0 saturated carbocycles. The summed E-state index contributed by atoms with van der Waals surface area (Å²) >= 11 is 0. The summed E-state index contributed by atoms with van der Waals surface area (Å²) in [6.45, 7) is 1.67. The van der Waals surface area contributed by atoms with Gasteiger partial charge in [0.2, 0.25) is 5.88 Å². The quantitative estimate of drug-likeness (QED) is 0.797. The highest BCUT2D eigenvalue weighted by atomic mass is 19.3. The Hall–Kier alpha value is -1.76. The molecule has 19 heavy (non-hydrogen) atoms. The number of carbonyl (C=O) groups excluding carboxylic acids is 1. The molecule has 7 heteroatoms. The largest absolute Gasteiger partial charge is 0.481 e. The second-order valence-corrected chi connectivity index (χ2v) is 3.67. The molecule has 106 valence electrons. The fourth-order valence-corrected chi connectivity index (χ4v) is 1.68. The molecule has 1 heterocycles. The van der Waals surface area contributed by atoms with Gasteiger partial charge in [0.1, 0.15) is 0 Å². The number of nitrogens with two attached hydrogens (primary N) is 1. The van der Waals surface area contributed by atoms with Crippen molar-refractivity contribution in [2.45, 2.75) is 26.3 Å². The molecule has 0 saturated heterocycles. The summed E-state index contributed by atoms with van der Waals surface area (Å²) in [6.07, 6.45) is -3.03. The summed E-state index contributed by atoms with van der Waals surface area (Å²) < 4.78 is 35.8. The van der Waals surface area contributed by atoms with Gasteiger partial charge >= 0.3 is 5.97 Å². The van der Waals surface area contributed by atoms with Gasteiger partial charge in [0, 0.05) is 18.2 Å². The average molecular weight is 274 g/mol. The molecule has 1 aromatic heterocycles. The molecule has 0 radical (unpaired) electrons. The van der Waals surface area contributed by atoms with E-state index >= 15 is 0 Å². The molecule has 0 amide bonds. The van der Waals surface area contributed by atoms with Gasteiger partial charge in [-0.3, -0.25) is 4.79 Å². The lowest BCUT2D eigenvalue weighted by molar-refractivity contribution is -0.142. The Morgan fingerprint density at radius 3 is 2.68 bits per heavy atom. The molecule has 0 aliphatic rings. The van der Waals surface area contributed by atoms with Crippen molar-refractivity contribution >= 4 is 5.97 Å². The molecule has 1 rings (SSSR count). The molecule has 0 bridgehead atoms. The molecule has 0 unspecified atom stereocenters. The molecule has 0 atom stereocenters. The van der Waals surface area contributed by atoms with Crippen molar-refractivity contribution < 1.29 is 23.0 Å². The van der Waals surface area contributed by atoms with E-state index in [0.29, 0.717) is 0 Å². The van der Waals surface area contributed by atoms with Crippen LogP contribution in [-0.4, -0.2) is 24.7 Å². The molecule has 0 fully saturated rings. The van der Waals surface area contributed by atoms with Crippen molar-refractivity contribution in [3.63, 3.8) is 0 Å². The second-order valence-electron chi connectivity index (χ2n) is 3.67. The Morgan fingerprint density at radius 1 is 1.53 bits per heavy atom. The van der Waals surface area contributed by atoms with Gasteiger partial charge in [0.25, 0.3) is 6.43 Å². The Balaban J connectivity index is 3.21. The highest BCUT2D eigenvalue weighted by Crippen LogP contribution is 2.29. The van der Waals surface area contributed by atoms with E-state index in [9.17, 15) is 13.6 Å². The normalized spacial score (nSPS) is 10.6. The summed E-state index contributed by atoms with van der Waals surface area (Å²) in [5.41, 5.74) is 5.23. The van der Waals surface area contributed by atoms with Crippen molar-refractivity contribution in [1.82, 2.24) is 4.98 Å². The Bertz CT molecular complexity index is 453. The van der Waals surface area contributed by atoms with Gasteiger partial charge in [-0.05, 0) is 12.5 Å². The molecule has 0 aromatic carbocycles. The number of nitrogens with zero attached hydrogens (tertiary/aromatic N) is 1. The average Bonchev–Trinajstić information content (AvgIpc) is 2.37. The van der Waals surface area contributed by atoms with Crippen molar-refractivity contribution in [2.75, 3.05) is 13.7 Å². The van der Waals surface area contributed by atoms with Gasteiger partial charge in [0.05, 0.1) is 25.8 Å². The summed E-state index contributed by atoms with van der Waals surface area (Å²) in [5.74, 6) is -0.440. The molecular weight excluding hydrogens is 258 g/mol. The first-order valence-electron chi connectivity index (χ1n) is 5.73. The van der Waals surface area contributed by atoms with Crippen molar-refractivity contribution in [1.29, 1.82) is 0 Å². The molecule has 1 aromatic rings. The van der Waals surface area contributed by atoms with Gasteiger partial charge in [-0.2, -0.15) is 0 Å². The van der Waals surface area contributed by atoms with Crippen LogP contribution < -0.4 is 10.5 Å². The lowest BCUT2D eigenvalue weighted by atomic mass is 10.0. The zero-order chi connectivity index (χ0) is 14.4. The maximum atomic E-state index is 13.1. The maximum Gasteiger partial charge on any atom is 0.310 e. The minimum Gasteiger partial charge on any atom is -0.481 e. The number of ether oxygens (including phenoxy) is 2. The van der Waals surface area contributed by atoms with E-state index in [-0.39, 0.29) is 42.3 Å². The lowest BCUT2D eigenvalue weighted by Gasteiger charge is -2.14. The molecule has 0 spiro atoms. The van der Waals surface area contributed by atoms with Crippen LogP contribution in [-0.2, 0) is 22.5 Å². The highest BCUT2D eigenvalue weighted by Gasteiger charge is 2.22. The fourth-order valence-electron chi connectivity index (χ4n) is 1.68. The Kier molecular flexibility index (Phi) is 5.62. The first kappa shape index (κ1) is 15.3. The standard InChI is InChI=1S/C12H16F2N2O3/c1-3-19-10(17)5-7-4-9(18-2)16-8(6-15)11(7)12(13)14/h4,12H,3,5-6,15H2,1-2H3. The number of aromatic nitrogens is 1. The van der Waals surface area contributed by atoms with E-state index in [1.54, 1.807) is 6.92 Å². The van der Waals surface area contributed by atoms with E-state index in [1.807, 2.05) is 0 Å². The lowest BCUT2D eigenvalue weighted by Crippen LogP contribution is -2.14. The smallest absolute Gasteiger partial charge is 0.310 e. The third kappa shape index (κ3) is 3.85. The topological polar surface area (TPSA) is 74.4 Å². The number of hydrogen-bond donors (Lipinski definition) is 1. The van der Waals surface area contributed by atoms with Crippen LogP contribution >= 0.6 is 0 Å². The minimum atomic E-state index is -2.76. The van der Waals surface area contributed by atoms with Crippen LogP contribution in [0.15, 0.2) is 6.07 Å². The molecular formula is C12H16F2N2O3. The van der Waals surface area contributed by atoms with Crippen LogP contribution in [0, 0.1) is 0 Å². The summed E-state index contributed by atoms with van der Waals surface area (Å²) in [7, 11) is 1.36. The SMILES string of the molecule is CCOC(=O)Cc1cc(OC)nc(CN)c1C(F)F. The van der Waals surface area contributed by atoms with E-state index in [4.69, 9.17) is 15.2 Å². The fraction of sp³-hybridized carbons (Fsp3) is 0.500. The van der Waals surface area contributed by atoms with Crippen LogP contribution in [0.4, 0.5) is 8.78 Å². The predicted molar refractivity (Wildman–Crippen MR) is 64.0 cm³/mol. The zero-order valence-electron chi connectivity index (χ0n) is 10.8. The number of alkyl halides is 2. The van der Waals surface area contributed by atoms with E-state index in [1.165, 1.54) is 13.2 Å². The molecule has 5 nitrogen and oxygen atoms in total. The van der Waals surface area contributed by atoms with Crippen LogP contribution in [0.25, 0.3) is 0 Å². The summed E-state index contributed by atoms with van der Waals surface area (Å²) in [4.78, 5) is 15.3. The number of rotatable bonds is 6. The third-order valence-corrected chi connectivity index (χ3v) is 2.46. The number of pyridine rings is 1. The Morgan fingerprint density at radius 2 is 2.21 bits per heavy atom. The van der Waals surface area contributed by atoms with Crippen LogP contribution in [0.2, 0.25) is 0 Å². The summed E-state index contributed by atoms with van der Waals surface area (Å²) in [6, 6.07) is 1.30. The van der Waals surface area contributed by atoms with E-state index in [2.05, 4.69) is 4.98 Å². The highest BCUT2D eigenvalue weighted by molar-refractivity contribution is 5.73. The van der Waals surface area contributed by atoms with E-state index in [0.717, 1.165) is 0 Å². The monoisotopic (exact) mass is 274 g/mol. The van der Waals surface area contributed by atoms with Crippen molar-refractivity contribution in [3.05, 3.63) is 22.9 Å². The van der Waals surface area contributed by atoms with Gasteiger partial charge in [-0.25, -0.2) is 13.8 Å². The summed E-state index contributed by atoms with van der Waals surface area (Å²) in [5, 5.41) is 0. The molecule has 0 aliphatic carbocycles. The first-order chi connectivity index (χ1) is 9.03. The van der Waals surface area contributed by atoms with Crippen molar-refractivity contribution in [2.24, 2.45) is 5.73 Å². The van der Waals surface area contributed by atoms with E-state index < -0.39 is 12.4 Å². The van der Waals surface area contributed by atoms with Crippen LogP contribution in [0.5, 0.6) is 5.88 Å². The van der Waals surface area contributed by atoms with Gasteiger partial charge in [-0.15, -0.1) is 0 Å².